The van der Waals surface area contributed by atoms with Crippen LogP contribution in [-0.2, 0) is 4.74 Å². The summed E-state index contributed by atoms with van der Waals surface area (Å²) in [6.45, 7) is 1.90. The Labute approximate surface area is 120 Å². The zero-order valence-electron chi connectivity index (χ0n) is 11.6. The standard InChI is InChI=1S/C14H13N5O2/c1-8-5-9-10(6-16-8)11(15)3-4-12(9)19-7-17-13(18-19)14(20)21-2/h3-7H,15H2,1-2H3. The quantitative estimate of drug-likeness (QED) is 0.565. The van der Waals surface area contributed by atoms with Gasteiger partial charge in [-0.15, -0.1) is 5.10 Å². The van der Waals surface area contributed by atoms with Crippen molar-refractivity contribution in [2.24, 2.45) is 0 Å². The number of methoxy groups -OCH3 is 1. The maximum atomic E-state index is 11.4. The van der Waals surface area contributed by atoms with Crippen LogP contribution >= 0.6 is 0 Å². The zero-order valence-corrected chi connectivity index (χ0v) is 11.6. The molecule has 21 heavy (non-hydrogen) atoms. The van der Waals surface area contributed by atoms with Gasteiger partial charge in [-0.25, -0.2) is 14.5 Å². The second-order valence-electron chi connectivity index (χ2n) is 4.55. The molecular formula is C14H13N5O2. The van der Waals surface area contributed by atoms with Crippen LogP contribution < -0.4 is 5.73 Å². The Morgan fingerprint density at radius 3 is 2.86 bits per heavy atom. The number of nitrogens with zero attached hydrogens (tertiary/aromatic N) is 4. The highest BCUT2D eigenvalue weighted by Gasteiger charge is 2.14. The van der Waals surface area contributed by atoms with Gasteiger partial charge in [-0.2, -0.15) is 0 Å². The Kier molecular flexibility index (Phi) is 3.02. The van der Waals surface area contributed by atoms with Gasteiger partial charge in [-0.05, 0) is 25.1 Å². The Balaban J connectivity index is 2.20. The summed E-state index contributed by atoms with van der Waals surface area (Å²) in [4.78, 5) is 19.6. The average molecular weight is 283 g/mol. The molecule has 0 saturated carbocycles. The van der Waals surface area contributed by atoms with Gasteiger partial charge in [0.1, 0.15) is 6.33 Å². The first kappa shape index (κ1) is 13.0. The predicted molar refractivity (Wildman–Crippen MR) is 77.1 cm³/mol. The van der Waals surface area contributed by atoms with Crippen molar-refractivity contribution in [3.63, 3.8) is 0 Å². The number of carbonyl (C=O) groups is 1. The van der Waals surface area contributed by atoms with Crippen LogP contribution in [0, 0.1) is 6.92 Å². The van der Waals surface area contributed by atoms with Crippen LogP contribution in [-0.4, -0.2) is 32.8 Å². The number of fused-ring (bicyclic) bond motifs is 1. The first-order chi connectivity index (χ1) is 10.1. The number of ether oxygens (including phenoxy) is 1. The van der Waals surface area contributed by atoms with E-state index in [1.807, 2.05) is 19.1 Å². The van der Waals surface area contributed by atoms with Crippen LogP contribution in [0.25, 0.3) is 16.5 Å². The van der Waals surface area contributed by atoms with Gasteiger partial charge in [0.05, 0.1) is 12.8 Å². The molecule has 0 saturated heterocycles. The van der Waals surface area contributed by atoms with E-state index < -0.39 is 5.97 Å². The van der Waals surface area contributed by atoms with Crippen molar-refractivity contribution in [3.05, 3.63) is 42.2 Å². The van der Waals surface area contributed by atoms with Crippen LogP contribution in [0.3, 0.4) is 0 Å². The molecule has 0 atom stereocenters. The average Bonchev–Trinajstić information content (AvgIpc) is 2.96. The highest BCUT2D eigenvalue weighted by molar-refractivity contribution is 5.98. The molecule has 106 valence electrons. The molecule has 0 amide bonds. The normalized spacial score (nSPS) is 10.8. The van der Waals surface area contributed by atoms with Crippen LogP contribution in [0.5, 0.6) is 0 Å². The van der Waals surface area contributed by atoms with Gasteiger partial charge >= 0.3 is 5.97 Å². The van der Waals surface area contributed by atoms with E-state index >= 15 is 0 Å². The summed E-state index contributed by atoms with van der Waals surface area (Å²) >= 11 is 0. The van der Waals surface area contributed by atoms with Crippen LogP contribution in [0.15, 0.2) is 30.7 Å². The van der Waals surface area contributed by atoms with Crippen molar-refractivity contribution in [2.45, 2.75) is 6.92 Å². The molecule has 0 aliphatic carbocycles. The number of rotatable bonds is 2. The van der Waals surface area contributed by atoms with Gasteiger partial charge in [0.25, 0.3) is 5.82 Å². The first-order valence-electron chi connectivity index (χ1n) is 6.25. The van der Waals surface area contributed by atoms with E-state index in [9.17, 15) is 4.79 Å². The third kappa shape index (κ3) is 2.18. The van der Waals surface area contributed by atoms with Gasteiger partial charge < -0.3 is 10.5 Å². The molecule has 2 N–H and O–H groups in total. The minimum absolute atomic E-state index is 0.00764. The molecule has 0 fully saturated rings. The third-order valence-corrected chi connectivity index (χ3v) is 3.16. The Morgan fingerprint density at radius 1 is 1.29 bits per heavy atom. The van der Waals surface area contributed by atoms with E-state index in [2.05, 4.69) is 19.8 Å². The molecule has 7 nitrogen and oxygen atoms in total. The fourth-order valence-electron chi connectivity index (χ4n) is 2.11. The fraction of sp³-hybridized carbons (Fsp3) is 0.143. The minimum atomic E-state index is -0.577. The number of hydrogen-bond donors (Lipinski definition) is 1. The molecule has 0 aliphatic rings. The third-order valence-electron chi connectivity index (χ3n) is 3.16. The largest absolute Gasteiger partial charge is 0.463 e. The van der Waals surface area contributed by atoms with E-state index in [-0.39, 0.29) is 5.82 Å². The van der Waals surface area contributed by atoms with Crippen LogP contribution in [0.2, 0.25) is 0 Å². The zero-order chi connectivity index (χ0) is 15.0. The van der Waals surface area contributed by atoms with E-state index in [1.54, 1.807) is 12.3 Å². The van der Waals surface area contributed by atoms with Gasteiger partial charge in [-0.1, -0.05) is 0 Å². The molecule has 0 spiro atoms. The highest BCUT2D eigenvalue weighted by atomic mass is 16.5. The number of benzene rings is 1. The maximum absolute atomic E-state index is 11.4. The van der Waals surface area contributed by atoms with E-state index in [0.717, 1.165) is 22.2 Å². The molecule has 0 aliphatic heterocycles. The van der Waals surface area contributed by atoms with Gasteiger partial charge in [0.2, 0.25) is 0 Å². The monoisotopic (exact) mass is 283 g/mol. The molecule has 3 aromatic rings. The number of nitrogens with two attached hydrogens (primary N) is 1. The highest BCUT2D eigenvalue weighted by Crippen LogP contribution is 2.26. The molecular weight excluding hydrogens is 270 g/mol. The summed E-state index contributed by atoms with van der Waals surface area (Å²) in [5.74, 6) is -0.570. The maximum Gasteiger partial charge on any atom is 0.377 e. The molecule has 2 aromatic heterocycles. The first-order valence-corrected chi connectivity index (χ1v) is 6.25. The Hall–Kier alpha value is -2.96. The SMILES string of the molecule is COC(=O)c1ncn(-c2ccc(N)c3cnc(C)cc23)n1. The van der Waals surface area contributed by atoms with E-state index in [4.69, 9.17) is 5.73 Å². The van der Waals surface area contributed by atoms with Crippen molar-refractivity contribution in [1.29, 1.82) is 0 Å². The Morgan fingerprint density at radius 2 is 2.10 bits per heavy atom. The predicted octanol–water partition coefficient (Wildman–Crippen LogP) is 1.49. The van der Waals surface area contributed by atoms with Crippen molar-refractivity contribution >= 4 is 22.4 Å². The van der Waals surface area contributed by atoms with Crippen molar-refractivity contribution in [3.8, 4) is 5.69 Å². The van der Waals surface area contributed by atoms with Gasteiger partial charge in [0, 0.05) is 28.4 Å². The summed E-state index contributed by atoms with van der Waals surface area (Å²) in [6, 6.07) is 5.52. The number of hydrogen-bond acceptors (Lipinski definition) is 6. The van der Waals surface area contributed by atoms with Gasteiger partial charge in [-0.3, -0.25) is 4.98 Å². The fourth-order valence-corrected chi connectivity index (χ4v) is 2.11. The van der Waals surface area contributed by atoms with Gasteiger partial charge in [0.15, 0.2) is 0 Å². The molecule has 2 heterocycles. The molecule has 0 bridgehead atoms. The second-order valence-corrected chi connectivity index (χ2v) is 4.55. The summed E-state index contributed by atoms with van der Waals surface area (Å²) in [7, 11) is 1.29. The van der Waals surface area contributed by atoms with E-state index in [1.165, 1.54) is 18.1 Å². The number of carbonyl (C=O) groups excluding carboxylic acids is 1. The number of esters is 1. The lowest BCUT2D eigenvalue weighted by atomic mass is 10.1. The number of aromatic nitrogens is 4. The number of nitrogen functional groups attached to an aromatic ring is 1. The second kappa shape index (κ2) is 4.86. The molecule has 7 heteroatoms. The van der Waals surface area contributed by atoms with Crippen molar-refractivity contribution in [1.82, 2.24) is 19.7 Å². The summed E-state index contributed by atoms with van der Waals surface area (Å²) in [6.07, 6.45) is 3.19. The van der Waals surface area contributed by atoms with Crippen LogP contribution in [0.1, 0.15) is 16.3 Å². The molecule has 3 rings (SSSR count). The summed E-state index contributed by atoms with van der Waals surface area (Å²) < 4.78 is 6.13. The summed E-state index contributed by atoms with van der Waals surface area (Å²) in [5.41, 5.74) is 8.24. The Bertz CT molecular complexity index is 840. The molecule has 0 radical (unpaired) electrons. The molecule has 1 aromatic carbocycles. The lowest BCUT2D eigenvalue weighted by Crippen LogP contribution is -2.05. The summed E-state index contributed by atoms with van der Waals surface area (Å²) in [5, 5.41) is 5.85. The van der Waals surface area contributed by atoms with Crippen molar-refractivity contribution < 1.29 is 9.53 Å². The molecule has 0 unspecified atom stereocenters. The van der Waals surface area contributed by atoms with E-state index in [0.29, 0.717) is 5.69 Å². The lowest BCUT2D eigenvalue weighted by molar-refractivity contribution is 0.0587. The number of anilines is 1. The minimum Gasteiger partial charge on any atom is -0.463 e. The lowest BCUT2D eigenvalue weighted by Gasteiger charge is -2.08. The van der Waals surface area contributed by atoms with Crippen molar-refractivity contribution in [2.75, 3.05) is 12.8 Å². The topological polar surface area (TPSA) is 95.9 Å². The number of pyridine rings is 1. The smallest absolute Gasteiger partial charge is 0.377 e. The number of aryl methyl sites for hydroxylation is 1. The van der Waals surface area contributed by atoms with Crippen LogP contribution in [0.4, 0.5) is 5.69 Å².